The second-order valence-corrected chi connectivity index (χ2v) is 9.88. The zero-order chi connectivity index (χ0) is 25.1. The third kappa shape index (κ3) is 6.10. The molecule has 2 aromatic carbocycles. The molecule has 35 heavy (non-hydrogen) atoms. The second kappa shape index (κ2) is 10.9. The molecule has 0 fully saturated rings. The van der Waals surface area contributed by atoms with Crippen LogP contribution >= 0.6 is 46.3 Å². The fraction of sp³-hybridized carbons (Fsp3) is 0.182. The van der Waals surface area contributed by atoms with E-state index >= 15 is 0 Å². The number of hydrogen-bond donors (Lipinski definition) is 1. The monoisotopic (exact) mass is 555 g/mol. The molecule has 0 saturated carbocycles. The Labute approximate surface area is 217 Å². The van der Waals surface area contributed by atoms with E-state index in [1.165, 1.54) is 29.2 Å². The number of anilines is 1. The van der Waals surface area contributed by atoms with Crippen LogP contribution in [0.25, 0.3) is 11.3 Å². The second-order valence-electron chi connectivity index (χ2n) is 7.23. The molecule has 1 amide bonds. The van der Waals surface area contributed by atoms with Gasteiger partial charge in [0.2, 0.25) is 5.91 Å². The number of amides is 1. The molecule has 0 bridgehead atoms. The molecule has 4 aromatic rings. The van der Waals surface area contributed by atoms with Gasteiger partial charge in [0.05, 0.1) is 16.5 Å². The summed E-state index contributed by atoms with van der Waals surface area (Å²) in [6.45, 7) is 1.67. The van der Waals surface area contributed by atoms with Crippen molar-refractivity contribution < 1.29 is 18.3 Å². The highest BCUT2D eigenvalue weighted by atomic mass is 35.5. The van der Waals surface area contributed by atoms with Crippen LogP contribution in [0.15, 0.2) is 46.9 Å². The van der Waals surface area contributed by atoms with Crippen molar-refractivity contribution in [3.05, 3.63) is 69.3 Å². The van der Waals surface area contributed by atoms with E-state index in [1.54, 1.807) is 42.1 Å². The molecule has 2 heterocycles. The third-order valence-electron chi connectivity index (χ3n) is 4.72. The Bertz CT molecular complexity index is 1380. The molecule has 0 aliphatic carbocycles. The molecule has 0 spiro atoms. The number of hydrogen-bond acceptors (Lipinski definition) is 7. The van der Waals surface area contributed by atoms with E-state index in [4.69, 9.17) is 27.9 Å². The number of carbonyl (C=O) groups excluding carboxylic acids is 1. The van der Waals surface area contributed by atoms with Crippen LogP contribution in [-0.4, -0.2) is 31.4 Å². The summed E-state index contributed by atoms with van der Waals surface area (Å²) in [6, 6.07) is 8.17. The summed E-state index contributed by atoms with van der Waals surface area (Å²) in [5.41, 5.74) is 1.34. The minimum atomic E-state index is -0.811. The molecule has 1 atom stereocenters. The Balaban J connectivity index is 1.34. The van der Waals surface area contributed by atoms with E-state index in [-0.39, 0.29) is 17.4 Å². The number of carbonyl (C=O) groups is 1. The van der Waals surface area contributed by atoms with Gasteiger partial charge in [0, 0.05) is 29.1 Å². The average Bonchev–Trinajstić information content (AvgIpc) is 3.40. The van der Waals surface area contributed by atoms with Crippen LogP contribution in [0.4, 0.5) is 13.9 Å². The first-order valence-electron chi connectivity index (χ1n) is 10.1. The zero-order valence-corrected chi connectivity index (χ0v) is 21.4. The number of nitrogens with zero attached hydrogens (tertiary/aromatic N) is 4. The minimum Gasteiger partial charge on any atom is -0.480 e. The largest absolute Gasteiger partial charge is 0.480 e. The van der Waals surface area contributed by atoms with Crippen LogP contribution in [0.3, 0.4) is 0 Å². The fourth-order valence-electron chi connectivity index (χ4n) is 3.06. The molecular formula is C22H17Cl2F2N5O2S2. The van der Waals surface area contributed by atoms with Gasteiger partial charge >= 0.3 is 0 Å². The smallest absolute Gasteiger partial charge is 0.236 e. The predicted molar refractivity (Wildman–Crippen MR) is 133 cm³/mol. The number of benzene rings is 2. The van der Waals surface area contributed by atoms with Crippen molar-refractivity contribution in [3.63, 3.8) is 0 Å². The lowest BCUT2D eigenvalue weighted by Crippen LogP contribution is -2.14. The summed E-state index contributed by atoms with van der Waals surface area (Å²) < 4.78 is 34.2. The van der Waals surface area contributed by atoms with Gasteiger partial charge in [0.25, 0.3) is 0 Å². The molecule has 0 radical (unpaired) electrons. The van der Waals surface area contributed by atoms with Gasteiger partial charge in [-0.25, -0.2) is 13.8 Å². The lowest BCUT2D eigenvalue weighted by Gasteiger charge is -2.14. The maximum Gasteiger partial charge on any atom is 0.236 e. The SMILES string of the molecule is CC(Oc1ccc(F)cc1F)c1nnc(SCC(=O)Nc2nc(-c3ccc(Cl)cc3Cl)cs2)n1C. The molecule has 13 heteroatoms. The Hall–Kier alpha value is -2.73. The van der Waals surface area contributed by atoms with E-state index < -0.39 is 17.7 Å². The van der Waals surface area contributed by atoms with Crippen LogP contribution < -0.4 is 10.1 Å². The number of thioether (sulfide) groups is 1. The van der Waals surface area contributed by atoms with Crippen molar-refractivity contribution in [2.45, 2.75) is 18.2 Å². The number of halogens is 4. The summed E-state index contributed by atoms with van der Waals surface area (Å²) in [5, 5.41) is 14.6. The van der Waals surface area contributed by atoms with Crippen LogP contribution in [0, 0.1) is 11.6 Å². The molecule has 4 rings (SSSR count). The first-order valence-corrected chi connectivity index (χ1v) is 12.7. The molecule has 1 unspecified atom stereocenters. The maximum atomic E-state index is 13.9. The lowest BCUT2D eigenvalue weighted by molar-refractivity contribution is -0.113. The number of rotatable bonds is 8. The molecular weight excluding hydrogens is 539 g/mol. The molecule has 7 nitrogen and oxygen atoms in total. The van der Waals surface area contributed by atoms with E-state index in [0.717, 1.165) is 12.1 Å². The number of thiazole rings is 1. The van der Waals surface area contributed by atoms with Crippen LogP contribution in [0.2, 0.25) is 10.0 Å². The average molecular weight is 556 g/mol. The topological polar surface area (TPSA) is 81.9 Å². The van der Waals surface area contributed by atoms with Crippen LogP contribution in [0.5, 0.6) is 5.75 Å². The van der Waals surface area contributed by atoms with Gasteiger partial charge in [-0.2, -0.15) is 0 Å². The van der Waals surface area contributed by atoms with E-state index in [0.29, 0.717) is 37.4 Å². The van der Waals surface area contributed by atoms with Gasteiger partial charge < -0.3 is 14.6 Å². The van der Waals surface area contributed by atoms with Gasteiger partial charge in [0.15, 0.2) is 33.8 Å². The quantitative estimate of drug-likeness (QED) is 0.253. The minimum absolute atomic E-state index is 0.0599. The van der Waals surface area contributed by atoms with Gasteiger partial charge in [-0.15, -0.1) is 21.5 Å². The Morgan fingerprint density at radius 2 is 2.03 bits per heavy atom. The Morgan fingerprint density at radius 3 is 2.77 bits per heavy atom. The summed E-state index contributed by atoms with van der Waals surface area (Å²) >= 11 is 14.6. The van der Waals surface area contributed by atoms with Gasteiger partial charge in [0.1, 0.15) is 5.82 Å². The third-order valence-corrected chi connectivity index (χ3v) is 7.05. The number of nitrogens with one attached hydrogen (secondary N) is 1. The Kier molecular flexibility index (Phi) is 7.90. The lowest BCUT2D eigenvalue weighted by atomic mass is 10.2. The van der Waals surface area contributed by atoms with Crippen molar-refractivity contribution in [1.29, 1.82) is 0 Å². The van der Waals surface area contributed by atoms with Crippen molar-refractivity contribution in [2.75, 3.05) is 11.1 Å². The highest BCUT2D eigenvalue weighted by Crippen LogP contribution is 2.32. The van der Waals surface area contributed by atoms with Crippen LogP contribution in [0.1, 0.15) is 18.9 Å². The predicted octanol–water partition coefficient (Wildman–Crippen LogP) is 6.39. The first kappa shape index (κ1) is 25.4. The Morgan fingerprint density at radius 1 is 1.23 bits per heavy atom. The molecule has 0 saturated heterocycles. The highest BCUT2D eigenvalue weighted by molar-refractivity contribution is 7.99. The first-order chi connectivity index (χ1) is 16.7. The molecule has 1 N–H and O–H groups in total. The van der Waals surface area contributed by atoms with E-state index in [2.05, 4.69) is 20.5 Å². The van der Waals surface area contributed by atoms with Crippen molar-refractivity contribution in [3.8, 4) is 17.0 Å². The van der Waals surface area contributed by atoms with Crippen LogP contribution in [-0.2, 0) is 11.8 Å². The molecule has 0 aliphatic rings. The van der Waals surface area contributed by atoms with E-state index in [9.17, 15) is 13.6 Å². The van der Waals surface area contributed by atoms with Crippen molar-refractivity contribution >= 4 is 57.3 Å². The summed E-state index contributed by atoms with van der Waals surface area (Å²) in [5.74, 6) is -1.40. The fourth-order valence-corrected chi connectivity index (χ4v) is 5.01. The summed E-state index contributed by atoms with van der Waals surface area (Å²) in [4.78, 5) is 16.8. The summed E-state index contributed by atoms with van der Waals surface area (Å²) in [6.07, 6.45) is -0.663. The maximum absolute atomic E-state index is 13.9. The standard InChI is InChI=1S/C22H17Cl2F2N5O2S2/c1-11(33-18-6-4-13(25)8-16(18)26)20-29-30-22(31(20)2)35-10-19(32)28-21-27-17(9-34-21)14-5-3-12(23)7-15(14)24/h3-9,11H,10H2,1-2H3,(H,27,28,32). The van der Waals surface area contributed by atoms with Gasteiger partial charge in [-0.3, -0.25) is 4.79 Å². The van der Waals surface area contributed by atoms with Gasteiger partial charge in [-0.1, -0.05) is 35.0 Å². The molecule has 2 aromatic heterocycles. The van der Waals surface area contributed by atoms with Crippen molar-refractivity contribution in [2.24, 2.45) is 7.05 Å². The zero-order valence-electron chi connectivity index (χ0n) is 18.3. The number of aromatic nitrogens is 4. The highest BCUT2D eigenvalue weighted by Gasteiger charge is 2.20. The molecule has 182 valence electrons. The normalized spacial score (nSPS) is 11.9. The number of ether oxygens (including phenoxy) is 1. The van der Waals surface area contributed by atoms with Gasteiger partial charge in [-0.05, 0) is 37.3 Å². The molecule has 0 aliphatic heterocycles. The van der Waals surface area contributed by atoms with E-state index in [1.807, 2.05) is 0 Å². The summed E-state index contributed by atoms with van der Waals surface area (Å²) in [7, 11) is 1.71. The van der Waals surface area contributed by atoms with Crippen molar-refractivity contribution in [1.82, 2.24) is 19.7 Å².